The van der Waals surface area contributed by atoms with Crippen molar-refractivity contribution in [3.63, 3.8) is 0 Å². The number of aromatic amines is 1. The third-order valence-electron chi connectivity index (χ3n) is 2.21. The third kappa shape index (κ3) is 2.64. The molecule has 2 aromatic rings. The fourth-order valence-corrected chi connectivity index (χ4v) is 1.51. The van der Waals surface area contributed by atoms with Gasteiger partial charge in [0, 0.05) is 12.3 Å². The molecule has 1 aromatic heterocycles. The molecule has 0 aliphatic carbocycles. The second-order valence-corrected chi connectivity index (χ2v) is 3.62. The lowest BCUT2D eigenvalue weighted by molar-refractivity contribution is 1.27. The van der Waals surface area contributed by atoms with Crippen LogP contribution in [0, 0.1) is 0 Å². The number of hydrogen-bond acceptors (Lipinski definition) is 2. The largest absolute Gasteiger partial charge is 0.370 e. The molecule has 7 nitrogen and oxygen atoms in total. The lowest BCUT2D eigenvalue weighted by Crippen LogP contribution is -2.26. The van der Waals surface area contributed by atoms with Crippen molar-refractivity contribution in [1.29, 1.82) is 0 Å². The molecule has 7 N–H and O–H groups in total. The topological polar surface area (TPSA) is 136 Å². The van der Waals surface area contributed by atoms with Crippen molar-refractivity contribution in [2.24, 2.45) is 27.2 Å². The van der Waals surface area contributed by atoms with Crippen molar-refractivity contribution < 1.29 is 0 Å². The molecule has 0 amide bonds. The Morgan fingerprint density at radius 1 is 1.11 bits per heavy atom. The number of H-pyrrole nitrogens is 1. The van der Waals surface area contributed by atoms with Gasteiger partial charge in [-0.1, -0.05) is 6.07 Å². The summed E-state index contributed by atoms with van der Waals surface area (Å²) in [5.41, 5.74) is 16.3. The molecule has 0 bridgehead atoms. The minimum Gasteiger partial charge on any atom is -0.370 e. The lowest BCUT2D eigenvalue weighted by Gasteiger charge is -1.99. The Kier molecular flexibility index (Phi) is 2.96. The molecule has 0 unspecified atom stereocenters. The average Bonchev–Trinajstić information content (AvgIpc) is 2.27. The second-order valence-electron chi connectivity index (χ2n) is 3.62. The highest BCUT2D eigenvalue weighted by Crippen LogP contribution is 2.19. The molecule has 0 atom stereocenters. The Hall–Kier alpha value is -2.83. The maximum atomic E-state index is 11.2. The van der Waals surface area contributed by atoms with Crippen molar-refractivity contribution in [3.8, 4) is 0 Å². The summed E-state index contributed by atoms with van der Waals surface area (Å²) in [6, 6.07) is 6.76. The summed E-state index contributed by atoms with van der Waals surface area (Å²) in [7, 11) is 0. The first kappa shape index (κ1) is 11.6. The molecular formula is C11H12N6O. The predicted molar refractivity (Wildman–Crippen MR) is 71.7 cm³/mol. The van der Waals surface area contributed by atoms with Gasteiger partial charge >= 0.3 is 0 Å². The number of hydrogen-bond donors (Lipinski definition) is 4. The number of aliphatic imine (C=N–C) groups is 2. The highest BCUT2D eigenvalue weighted by Gasteiger charge is 1.97. The van der Waals surface area contributed by atoms with Gasteiger partial charge in [-0.2, -0.15) is 4.99 Å². The molecule has 1 heterocycles. The second kappa shape index (κ2) is 4.58. The number of aromatic nitrogens is 1. The number of guanidine groups is 2. The Morgan fingerprint density at radius 2 is 1.89 bits per heavy atom. The van der Waals surface area contributed by atoms with E-state index in [4.69, 9.17) is 17.2 Å². The highest BCUT2D eigenvalue weighted by molar-refractivity contribution is 5.94. The van der Waals surface area contributed by atoms with Gasteiger partial charge < -0.3 is 22.2 Å². The Labute approximate surface area is 102 Å². The Morgan fingerprint density at radius 3 is 2.61 bits per heavy atom. The SMILES string of the molecule is NC(N)=NC(N)=Nc1ccc2c[nH]c(=O)cc2c1. The molecule has 0 saturated carbocycles. The number of benzene rings is 1. The lowest BCUT2D eigenvalue weighted by atomic mass is 10.1. The van der Waals surface area contributed by atoms with Crippen LogP contribution < -0.4 is 22.8 Å². The highest BCUT2D eigenvalue weighted by atomic mass is 16.1. The Bertz CT molecular complexity index is 696. The zero-order chi connectivity index (χ0) is 13.1. The smallest absolute Gasteiger partial charge is 0.248 e. The monoisotopic (exact) mass is 244 g/mol. The number of fused-ring (bicyclic) bond motifs is 1. The van der Waals surface area contributed by atoms with Crippen LogP contribution in [0.5, 0.6) is 0 Å². The molecule has 92 valence electrons. The summed E-state index contributed by atoms with van der Waals surface area (Å²) >= 11 is 0. The first-order valence-corrected chi connectivity index (χ1v) is 5.11. The van der Waals surface area contributed by atoms with Crippen LogP contribution in [0.25, 0.3) is 10.8 Å². The van der Waals surface area contributed by atoms with E-state index in [0.717, 1.165) is 10.8 Å². The van der Waals surface area contributed by atoms with Crippen LogP contribution >= 0.6 is 0 Å². The van der Waals surface area contributed by atoms with Gasteiger partial charge in [0.1, 0.15) is 0 Å². The van der Waals surface area contributed by atoms with Crippen LogP contribution in [0.3, 0.4) is 0 Å². The summed E-state index contributed by atoms with van der Waals surface area (Å²) in [5, 5.41) is 1.66. The van der Waals surface area contributed by atoms with Crippen LogP contribution in [0.15, 0.2) is 45.2 Å². The molecule has 0 fully saturated rings. The van der Waals surface area contributed by atoms with Crippen LogP contribution in [-0.4, -0.2) is 16.9 Å². The maximum Gasteiger partial charge on any atom is 0.248 e. The van der Waals surface area contributed by atoms with Crippen LogP contribution in [-0.2, 0) is 0 Å². The van der Waals surface area contributed by atoms with E-state index in [9.17, 15) is 4.79 Å². The number of nitrogens with two attached hydrogens (primary N) is 3. The summed E-state index contributed by atoms with van der Waals surface area (Å²) in [6.07, 6.45) is 1.63. The molecule has 0 aliphatic heterocycles. The minimum absolute atomic E-state index is 0.0424. The quantitative estimate of drug-likeness (QED) is 0.406. The molecule has 0 aliphatic rings. The Balaban J connectivity index is 2.47. The van der Waals surface area contributed by atoms with Crippen LogP contribution in [0.4, 0.5) is 5.69 Å². The van der Waals surface area contributed by atoms with Gasteiger partial charge in [0.05, 0.1) is 5.69 Å². The van der Waals surface area contributed by atoms with E-state index < -0.39 is 0 Å². The maximum absolute atomic E-state index is 11.2. The van der Waals surface area contributed by atoms with Crippen molar-refractivity contribution in [2.45, 2.75) is 0 Å². The standard InChI is InChI=1S/C11H12N6O/c12-10(13)17-11(14)16-8-2-1-6-5-15-9(18)4-7(6)3-8/h1-5H,(H,15,18)(H6,12,13,14,16,17). The van der Waals surface area contributed by atoms with E-state index in [0.29, 0.717) is 5.69 Å². The van der Waals surface area contributed by atoms with Gasteiger partial charge in [-0.3, -0.25) is 4.79 Å². The first-order valence-electron chi connectivity index (χ1n) is 5.11. The van der Waals surface area contributed by atoms with E-state index >= 15 is 0 Å². The molecular weight excluding hydrogens is 232 g/mol. The molecule has 2 rings (SSSR count). The van der Waals surface area contributed by atoms with E-state index in [1.54, 1.807) is 18.3 Å². The van der Waals surface area contributed by atoms with Crippen molar-refractivity contribution in [1.82, 2.24) is 4.98 Å². The summed E-state index contributed by atoms with van der Waals surface area (Å²) in [6.45, 7) is 0. The zero-order valence-electron chi connectivity index (χ0n) is 9.42. The summed E-state index contributed by atoms with van der Waals surface area (Å²) < 4.78 is 0. The van der Waals surface area contributed by atoms with Gasteiger partial charge in [0.15, 0.2) is 5.96 Å². The minimum atomic E-state index is -0.180. The number of nitrogens with zero attached hydrogens (tertiary/aromatic N) is 2. The van der Waals surface area contributed by atoms with E-state index in [1.165, 1.54) is 6.07 Å². The molecule has 7 heteroatoms. The molecule has 0 spiro atoms. The predicted octanol–water partition coefficient (Wildman–Crippen LogP) is -0.252. The van der Waals surface area contributed by atoms with Gasteiger partial charge in [-0.25, -0.2) is 4.99 Å². The normalized spacial score (nSPS) is 11.4. The number of rotatable bonds is 1. The van der Waals surface area contributed by atoms with E-state index in [-0.39, 0.29) is 17.5 Å². The number of pyridine rings is 1. The van der Waals surface area contributed by atoms with Gasteiger partial charge in [-0.05, 0) is 22.9 Å². The third-order valence-corrected chi connectivity index (χ3v) is 2.21. The fourth-order valence-electron chi connectivity index (χ4n) is 1.51. The molecule has 0 radical (unpaired) electrons. The molecule has 18 heavy (non-hydrogen) atoms. The van der Waals surface area contributed by atoms with Crippen molar-refractivity contribution in [3.05, 3.63) is 40.8 Å². The van der Waals surface area contributed by atoms with Crippen molar-refractivity contribution in [2.75, 3.05) is 0 Å². The summed E-state index contributed by atoms with van der Waals surface area (Å²) in [4.78, 5) is 21.4. The van der Waals surface area contributed by atoms with E-state index in [2.05, 4.69) is 15.0 Å². The number of nitrogens with one attached hydrogen (secondary N) is 1. The van der Waals surface area contributed by atoms with E-state index in [1.807, 2.05) is 6.07 Å². The van der Waals surface area contributed by atoms with Crippen LogP contribution in [0.1, 0.15) is 0 Å². The fraction of sp³-hybridized carbons (Fsp3) is 0. The zero-order valence-corrected chi connectivity index (χ0v) is 9.42. The van der Waals surface area contributed by atoms with Crippen molar-refractivity contribution >= 4 is 28.4 Å². The van der Waals surface area contributed by atoms with Gasteiger partial charge in [-0.15, -0.1) is 0 Å². The van der Waals surface area contributed by atoms with Gasteiger partial charge in [0.2, 0.25) is 11.5 Å². The van der Waals surface area contributed by atoms with Gasteiger partial charge in [0.25, 0.3) is 0 Å². The first-order chi connectivity index (χ1) is 8.54. The van der Waals surface area contributed by atoms with Crippen LogP contribution in [0.2, 0.25) is 0 Å². The molecule has 1 aromatic carbocycles. The molecule has 0 saturated heterocycles. The average molecular weight is 244 g/mol. The summed E-state index contributed by atoms with van der Waals surface area (Å²) in [5.74, 6) is -0.201.